The molecule has 0 fully saturated rings. The van der Waals surface area contributed by atoms with Crippen molar-refractivity contribution in [1.29, 1.82) is 0 Å². The zero-order chi connectivity index (χ0) is 29.3. The largest absolute Gasteiger partial charge is 0.387 e. The molecule has 1 unspecified atom stereocenters. The van der Waals surface area contributed by atoms with Crippen LogP contribution < -0.4 is 10.6 Å². The second-order valence-corrected chi connectivity index (χ2v) is 11.2. The third-order valence-electron chi connectivity index (χ3n) is 8.53. The molecule has 0 spiro atoms. The lowest BCUT2D eigenvalue weighted by molar-refractivity contribution is 0.664. The number of dihydropyridines is 1. The van der Waals surface area contributed by atoms with Gasteiger partial charge in [0.1, 0.15) is 6.17 Å². The normalized spacial score (nSPS) is 16.1. The highest BCUT2D eigenvalue weighted by atomic mass is 15.1. The van der Waals surface area contributed by atoms with Crippen molar-refractivity contribution in [3.05, 3.63) is 180 Å². The fourth-order valence-corrected chi connectivity index (χ4v) is 6.50. The highest BCUT2D eigenvalue weighted by Gasteiger charge is 2.22. The van der Waals surface area contributed by atoms with Crippen LogP contribution in [-0.2, 0) is 0 Å². The van der Waals surface area contributed by atoms with Crippen LogP contribution in [0.2, 0.25) is 0 Å². The molecule has 2 aliphatic heterocycles. The summed E-state index contributed by atoms with van der Waals surface area (Å²) >= 11 is 0. The summed E-state index contributed by atoms with van der Waals surface area (Å²) in [6.07, 6.45) is 8.45. The van der Waals surface area contributed by atoms with Crippen molar-refractivity contribution < 1.29 is 0 Å². The Balaban J connectivity index is 1.30. The van der Waals surface area contributed by atoms with Crippen LogP contribution in [0.1, 0.15) is 28.4 Å². The molecular formula is C41H31N3. The summed E-state index contributed by atoms with van der Waals surface area (Å²) in [6, 6.07) is 47.5. The second kappa shape index (κ2) is 11.2. The Bertz CT molecular complexity index is 2080. The van der Waals surface area contributed by atoms with E-state index >= 15 is 0 Å². The molecule has 0 aliphatic carbocycles. The van der Waals surface area contributed by atoms with Gasteiger partial charge in [0.2, 0.25) is 0 Å². The van der Waals surface area contributed by atoms with Crippen LogP contribution in [0.3, 0.4) is 0 Å². The minimum atomic E-state index is -0.229. The Morgan fingerprint density at radius 1 is 0.568 bits per heavy atom. The number of allylic oxidation sites excluding steroid dienone is 3. The van der Waals surface area contributed by atoms with Gasteiger partial charge in [0, 0.05) is 12.2 Å². The SMILES string of the molecule is C1=CC(c2c3ccccc3c(-c3cccc(C4N=C(c5ccccc5)C=C(c5ccccc5)N4)c3)c3ccccc23)=CCN1. The molecule has 6 aromatic carbocycles. The van der Waals surface area contributed by atoms with E-state index in [0.717, 1.165) is 34.6 Å². The first-order valence-corrected chi connectivity index (χ1v) is 15.1. The minimum Gasteiger partial charge on any atom is -0.387 e. The van der Waals surface area contributed by atoms with Crippen molar-refractivity contribution in [2.24, 2.45) is 4.99 Å². The van der Waals surface area contributed by atoms with Crippen molar-refractivity contribution in [1.82, 2.24) is 10.6 Å². The first-order valence-electron chi connectivity index (χ1n) is 15.1. The maximum absolute atomic E-state index is 5.24. The van der Waals surface area contributed by atoms with Crippen LogP contribution in [0.15, 0.2) is 163 Å². The Morgan fingerprint density at radius 2 is 1.16 bits per heavy atom. The summed E-state index contributed by atoms with van der Waals surface area (Å²) < 4.78 is 0. The number of hydrogen-bond donors (Lipinski definition) is 2. The van der Waals surface area contributed by atoms with Gasteiger partial charge in [-0.25, -0.2) is 0 Å². The number of benzene rings is 6. The van der Waals surface area contributed by atoms with E-state index in [2.05, 4.69) is 162 Å². The molecule has 2 aliphatic rings. The zero-order valence-electron chi connectivity index (χ0n) is 24.2. The van der Waals surface area contributed by atoms with Crippen molar-refractivity contribution in [3.8, 4) is 11.1 Å². The van der Waals surface area contributed by atoms with Crippen molar-refractivity contribution in [3.63, 3.8) is 0 Å². The van der Waals surface area contributed by atoms with Gasteiger partial charge in [0.25, 0.3) is 0 Å². The monoisotopic (exact) mass is 565 g/mol. The van der Waals surface area contributed by atoms with E-state index in [-0.39, 0.29) is 6.17 Å². The average Bonchev–Trinajstić information content (AvgIpc) is 3.11. The third kappa shape index (κ3) is 4.69. The summed E-state index contributed by atoms with van der Waals surface area (Å²) in [6.45, 7) is 0.831. The summed E-state index contributed by atoms with van der Waals surface area (Å²) in [4.78, 5) is 5.24. The predicted octanol–water partition coefficient (Wildman–Crippen LogP) is 9.29. The summed E-state index contributed by atoms with van der Waals surface area (Å²) in [5.41, 5.74) is 10.4. The molecule has 8 rings (SSSR count). The number of rotatable bonds is 5. The van der Waals surface area contributed by atoms with Gasteiger partial charge in [-0.2, -0.15) is 0 Å². The number of hydrogen-bond acceptors (Lipinski definition) is 3. The molecule has 0 radical (unpaired) electrons. The number of nitrogens with zero attached hydrogens (tertiary/aromatic N) is 1. The zero-order valence-corrected chi connectivity index (χ0v) is 24.2. The van der Waals surface area contributed by atoms with E-state index in [1.165, 1.54) is 43.8 Å². The van der Waals surface area contributed by atoms with Gasteiger partial charge in [0.15, 0.2) is 0 Å². The lowest BCUT2D eigenvalue weighted by Gasteiger charge is -2.25. The molecule has 0 bridgehead atoms. The van der Waals surface area contributed by atoms with Gasteiger partial charge in [0.05, 0.1) is 5.71 Å². The van der Waals surface area contributed by atoms with E-state index < -0.39 is 0 Å². The molecule has 2 N–H and O–H groups in total. The molecule has 2 heterocycles. The first-order chi connectivity index (χ1) is 21.8. The van der Waals surface area contributed by atoms with Crippen LogP contribution in [-0.4, -0.2) is 12.3 Å². The van der Waals surface area contributed by atoms with Crippen molar-refractivity contribution in [2.75, 3.05) is 6.54 Å². The maximum atomic E-state index is 5.24. The molecule has 1 atom stereocenters. The summed E-state index contributed by atoms with van der Waals surface area (Å²) in [5.74, 6) is 0. The summed E-state index contributed by atoms with van der Waals surface area (Å²) in [5, 5.41) is 12.1. The third-order valence-corrected chi connectivity index (χ3v) is 8.53. The first kappa shape index (κ1) is 26.0. The molecule has 0 amide bonds. The highest BCUT2D eigenvalue weighted by molar-refractivity contribution is 6.19. The second-order valence-electron chi connectivity index (χ2n) is 11.2. The van der Waals surface area contributed by atoms with Crippen LogP contribution in [0, 0.1) is 0 Å². The van der Waals surface area contributed by atoms with Crippen LogP contribution in [0.4, 0.5) is 0 Å². The fraction of sp³-hybridized carbons (Fsp3) is 0.0488. The van der Waals surface area contributed by atoms with Crippen LogP contribution in [0.25, 0.3) is 43.9 Å². The predicted molar refractivity (Wildman–Crippen MR) is 185 cm³/mol. The molecule has 0 saturated carbocycles. The van der Waals surface area contributed by atoms with Crippen molar-refractivity contribution in [2.45, 2.75) is 6.17 Å². The number of fused-ring (bicyclic) bond motifs is 2. The van der Waals surface area contributed by atoms with Gasteiger partial charge < -0.3 is 10.6 Å². The minimum absolute atomic E-state index is 0.229. The lowest BCUT2D eigenvalue weighted by atomic mass is 9.85. The molecule has 0 saturated heterocycles. The molecule has 0 aromatic heterocycles. The molecule has 3 heteroatoms. The maximum Gasteiger partial charge on any atom is 0.145 e. The van der Waals surface area contributed by atoms with Crippen LogP contribution in [0.5, 0.6) is 0 Å². The van der Waals surface area contributed by atoms with E-state index in [0.29, 0.717) is 0 Å². The molecular weight excluding hydrogens is 534 g/mol. The van der Waals surface area contributed by atoms with E-state index in [9.17, 15) is 0 Å². The lowest BCUT2D eigenvalue weighted by Crippen LogP contribution is -2.24. The van der Waals surface area contributed by atoms with Crippen molar-refractivity contribution >= 4 is 38.5 Å². The van der Waals surface area contributed by atoms with Crippen LogP contribution >= 0.6 is 0 Å². The fourth-order valence-electron chi connectivity index (χ4n) is 6.50. The van der Waals surface area contributed by atoms with E-state index in [4.69, 9.17) is 4.99 Å². The Labute approximate surface area is 257 Å². The van der Waals surface area contributed by atoms with E-state index in [1.807, 2.05) is 6.07 Å². The van der Waals surface area contributed by atoms with Gasteiger partial charge in [-0.05, 0) is 84.9 Å². The number of nitrogens with one attached hydrogen (secondary N) is 2. The van der Waals surface area contributed by atoms with Gasteiger partial charge >= 0.3 is 0 Å². The average molecular weight is 566 g/mol. The number of aliphatic imine (C=N–C) groups is 1. The van der Waals surface area contributed by atoms with Gasteiger partial charge in [-0.3, -0.25) is 4.99 Å². The Morgan fingerprint density at radius 3 is 1.80 bits per heavy atom. The highest BCUT2D eigenvalue weighted by Crippen LogP contribution is 2.43. The Kier molecular flexibility index (Phi) is 6.62. The molecule has 6 aromatic rings. The van der Waals surface area contributed by atoms with E-state index in [1.54, 1.807) is 0 Å². The quantitative estimate of drug-likeness (QED) is 0.204. The smallest absolute Gasteiger partial charge is 0.145 e. The molecule has 210 valence electrons. The summed E-state index contributed by atoms with van der Waals surface area (Å²) in [7, 11) is 0. The Hall–Kier alpha value is -5.67. The molecule has 44 heavy (non-hydrogen) atoms. The topological polar surface area (TPSA) is 36.4 Å². The van der Waals surface area contributed by atoms with Gasteiger partial charge in [-0.1, -0.05) is 133 Å². The standard InChI is InChI=1S/C41H31N3/c1-3-12-28(13-4-1)37-27-38(29-14-5-2-6-15-29)44-41(43-37)32-17-11-16-31(26-32)40-35-20-9-7-18-33(35)39(30-22-24-42-25-23-30)34-19-8-10-21-36(34)40/h1-24,26-27,41-43H,25H2. The molecule has 3 nitrogen and oxygen atoms in total. The van der Waals surface area contributed by atoms with Gasteiger partial charge in [-0.15, -0.1) is 0 Å².